The summed E-state index contributed by atoms with van der Waals surface area (Å²) in [7, 11) is 0. The van der Waals surface area contributed by atoms with Crippen molar-refractivity contribution in [2.45, 2.75) is 64.5 Å². The van der Waals surface area contributed by atoms with E-state index in [0.717, 1.165) is 0 Å². The Hall–Kier alpha value is -0.760. The van der Waals surface area contributed by atoms with Crippen LogP contribution >= 0.6 is 22.6 Å². The molecule has 1 aliphatic heterocycles. The lowest BCUT2D eigenvalue weighted by molar-refractivity contribution is -0.145. The number of carbonyl (C=O) groups is 3. The lowest BCUT2D eigenvalue weighted by atomic mass is 9.92. The Morgan fingerprint density at radius 3 is 2.18 bits per heavy atom. The SMILES string of the molecule is CCC(C)(CCOC(C)(C)CCC(=O)I)N1C(=O)C=CC1=O. The molecule has 1 heterocycles. The highest BCUT2D eigenvalue weighted by atomic mass is 127. The molecule has 6 heteroatoms. The van der Waals surface area contributed by atoms with Crippen LogP contribution in [0.15, 0.2) is 12.2 Å². The molecule has 0 fully saturated rings. The minimum Gasteiger partial charge on any atom is -0.375 e. The molecule has 0 spiro atoms. The molecule has 0 saturated carbocycles. The summed E-state index contributed by atoms with van der Waals surface area (Å²) in [5.41, 5.74) is -0.945. The summed E-state index contributed by atoms with van der Waals surface area (Å²) in [4.78, 5) is 36.1. The van der Waals surface area contributed by atoms with Gasteiger partial charge in [-0.25, -0.2) is 0 Å². The van der Waals surface area contributed by atoms with E-state index in [1.54, 1.807) is 22.6 Å². The Kier molecular flexibility index (Phi) is 6.73. The molecule has 0 aliphatic carbocycles. The Morgan fingerprint density at radius 1 is 1.18 bits per heavy atom. The quantitative estimate of drug-likeness (QED) is 0.326. The molecule has 1 rings (SSSR count). The van der Waals surface area contributed by atoms with E-state index in [9.17, 15) is 14.4 Å². The predicted octanol–water partition coefficient (Wildman–Crippen LogP) is 3.01. The second-order valence-electron chi connectivity index (χ2n) is 6.41. The van der Waals surface area contributed by atoms with Crippen LogP contribution in [0.2, 0.25) is 0 Å². The van der Waals surface area contributed by atoms with Gasteiger partial charge in [-0.15, -0.1) is 0 Å². The van der Waals surface area contributed by atoms with Gasteiger partial charge in [0.25, 0.3) is 11.8 Å². The highest BCUT2D eigenvalue weighted by Gasteiger charge is 2.39. The molecule has 1 aliphatic rings. The van der Waals surface area contributed by atoms with Crippen LogP contribution < -0.4 is 0 Å². The molecule has 0 radical (unpaired) electrons. The zero-order valence-electron chi connectivity index (χ0n) is 13.6. The summed E-state index contributed by atoms with van der Waals surface area (Å²) in [6, 6.07) is 0. The molecule has 22 heavy (non-hydrogen) atoms. The number of rotatable bonds is 9. The third kappa shape index (κ3) is 5.15. The van der Waals surface area contributed by atoms with E-state index in [1.165, 1.54) is 17.1 Å². The van der Waals surface area contributed by atoms with E-state index >= 15 is 0 Å². The lowest BCUT2D eigenvalue weighted by Crippen LogP contribution is -2.50. The van der Waals surface area contributed by atoms with Gasteiger partial charge in [0.1, 0.15) is 0 Å². The van der Waals surface area contributed by atoms with E-state index in [0.29, 0.717) is 32.3 Å². The standard InChI is InChI=1S/C16H24INO4/c1-5-16(4,18-13(20)6-7-14(18)21)10-11-22-15(2,3)9-8-12(17)19/h6-7H,5,8-11H2,1-4H3. The number of hydrogen-bond donors (Lipinski definition) is 0. The van der Waals surface area contributed by atoms with Crippen molar-refractivity contribution in [2.75, 3.05) is 6.61 Å². The minimum atomic E-state index is -0.549. The van der Waals surface area contributed by atoms with Gasteiger partial charge in [0.15, 0.2) is 3.79 Å². The summed E-state index contributed by atoms with van der Waals surface area (Å²) >= 11 is 1.79. The van der Waals surface area contributed by atoms with E-state index in [-0.39, 0.29) is 15.6 Å². The molecule has 2 amide bonds. The number of ether oxygens (including phenoxy) is 1. The average Bonchev–Trinajstić information content (AvgIpc) is 2.76. The number of amides is 2. The van der Waals surface area contributed by atoms with Gasteiger partial charge in [0.2, 0.25) is 0 Å². The molecule has 0 saturated heterocycles. The second-order valence-corrected chi connectivity index (χ2v) is 7.61. The van der Waals surface area contributed by atoms with Crippen LogP contribution in [0.5, 0.6) is 0 Å². The third-order valence-electron chi connectivity index (χ3n) is 4.17. The molecule has 0 N–H and O–H groups in total. The maximum absolute atomic E-state index is 11.9. The van der Waals surface area contributed by atoms with Crippen LogP contribution in [0.4, 0.5) is 0 Å². The Bertz CT molecular complexity index is 469. The van der Waals surface area contributed by atoms with Gasteiger partial charge in [-0.2, -0.15) is 0 Å². The first kappa shape index (κ1) is 19.3. The van der Waals surface area contributed by atoms with E-state index in [4.69, 9.17) is 4.74 Å². The number of halogens is 1. The Labute approximate surface area is 145 Å². The number of nitrogens with zero attached hydrogens (tertiary/aromatic N) is 1. The van der Waals surface area contributed by atoms with Crippen LogP contribution in [0.1, 0.15) is 53.4 Å². The Morgan fingerprint density at radius 2 is 1.73 bits per heavy atom. The molecule has 1 unspecified atom stereocenters. The lowest BCUT2D eigenvalue weighted by Gasteiger charge is -2.37. The maximum atomic E-state index is 11.9. The molecule has 124 valence electrons. The molecule has 0 bridgehead atoms. The van der Waals surface area contributed by atoms with Gasteiger partial charge in [-0.05, 0) is 62.6 Å². The number of hydrogen-bond acceptors (Lipinski definition) is 4. The van der Waals surface area contributed by atoms with Gasteiger partial charge in [0, 0.05) is 25.2 Å². The third-order valence-corrected chi connectivity index (χ3v) is 4.71. The molecular formula is C16H24INO4. The first-order valence-electron chi connectivity index (χ1n) is 7.50. The fourth-order valence-corrected chi connectivity index (χ4v) is 2.67. The van der Waals surface area contributed by atoms with E-state index in [2.05, 4.69) is 0 Å². The van der Waals surface area contributed by atoms with Gasteiger partial charge in [0.05, 0.1) is 11.1 Å². The summed E-state index contributed by atoms with van der Waals surface area (Å²) < 4.78 is 6.00. The smallest absolute Gasteiger partial charge is 0.254 e. The van der Waals surface area contributed by atoms with E-state index < -0.39 is 11.1 Å². The van der Waals surface area contributed by atoms with Gasteiger partial charge < -0.3 is 4.74 Å². The molecule has 0 aromatic heterocycles. The molecular weight excluding hydrogens is 397 g/mol. The average molecular weight is 421 g/mol. The number of imide groups is 1. The van der Waals surface area contributed by atoms with Crippen LogP contribution in [-0.4, -0.2) is 38.3 Å². The predicted molar refractivity (Wildman–Crippen MR) is 92.6 cm³/mol. The summed E-state index contributed by atoms with van der Waals surface area (Å²) in [6.07, 6.45) is 5.00. The van der Waals surface area contributed by atoms with Crippen LogP contribution in [0, 0.1) is 0 Å². The van der Waals surface area contributed by atoms with Crippen molar-refractivity contribution < 1.29 is 19.1 Å². The first-order valence-corrected chi connectivity index (χ1v) is 8.58. The monoisotopic (exact) mass is 421 g/mol. The number of carbonyl (C=O) groups excluding carboxylic acids is 3. The van der Waals surface area contributed by atoms with Gasteiger partial charge in [-0.3, -0.25) is 19.3 Å². The summed E-state index contributed by atoms with van der Waals surface area (Å²) in [5, 5.41) is 0. The largest absolute Gasteiger partial charge is 0.375 e. The van der Waals surface area contributed by atoms with E-state index in [1.807, 2.05) is 27.7 Å². The zero-order chi connectivity index (χ0) is 17.0. The van der Waals surface area contributed by atoms with Crippen LogP contribution in [0.25, 0.3) is 0 Å². The molecule has 0 aromatic rings. The van der Waals surface area contributed by atoms with Crippen molar-refractivity contribution in [3.05, 3.63) is 12.2 Å². The van der Waals surface area contributed by atoms with Crippen LogP contribution in [-0.2, 0) is 19.1 Å². The summed E-state index contributed by atoms with van der Waals surface area (Å²) in [6.45, 7) is 8.19. The highest BCUT2D eigenvalue weighted by Crippen LogP contribution is 2.28. The first-order chi connectivity index (χ1) is 10.1. The van der Waals surface area contributed by atoms with Crippen molar-refractivity contribution in [1.29, 1.82) is 0 Å². The van der Waals surface area contributed by atoms with Crippen molar-refractivity contribution in [1.82, 2.24) is 4.90 Å². The zero-order valence-corrected chi connectivity index (χ0v) is 15.8. The normalized spacial score (nSPS) is 18.0. The van der Waals surface area contributed by atoms with Crippen LogP contribution in [0.3, 0.4) is 0 Å². The molecule has 5 nitrogen and oxygen atoms in total. The minimum absolute atomic E-state index is 0.118. The van der Waals surface area contributed by atoms with Crippen molar-refractivity contribution in [3.8, 4) is 0 Å². The fraction of sp³-hybridized carbons (Fsp3) is 0.688. The Balaban J connectivity index is 2.58. The fourth-order valence-electron chi connectivity index (χ4n) is 2.40. The van der Waals surface area contributed by atoms with Gasteiger partial charge >= 0.3 is 0 Å². The van der Waals surface area contributed by atoms with Gasteiger partial charge in [-0.1, -0.05) is 6.92 Å². The maximum Gasteiger partial charge on any atom is 0.254 e. The molecule has 0 aromatic carbocycles. The molecule has 1 atom stereocenters. The van der Waals surface area contributed by atoms with Crippen molar-refractivity contribution >= 4 is 38.2 Å². The topological polar surface area (TPSA) is 63.7 Å². The summed E-state index contributed by atoms with van der Waals surface area (Å²) in [5.74, 6) is -0.520. The second kappa shape index (κ2) is 7.68. The highest BCUT2D eigenvalue weighted by molar-refractivity contribution is 14.1. The van der Waals surface area contributed by atoms with Crippen molar-refractivity contribution in [3.63, 3.8) is 0 Å². The van der Waals surface area contributed by atoms with Crippen molar-refractivity contribution in [2.24, 2.45) is 0 Å².